The Morgan fingerprint density at radius 1 is 1.15 bits per heavy atom. The minimum Gasteiger partial charge on any atom is -0.507 e. The van der Waals surface area contributed by atoms with Gasteiger partial charge in [0.1, 0.15) is 18.3 Å². The number of rotatable bonds is 10. The summed E-state index contributed by atoms with van der Waals surface area (Å²) in [5, 5.41) is 35.9. The number of carbonyl (C=O) groups is 1. The zero-order valence-electron chi connectivity index (χ0n) is 23.9. The number of benzene rings is 1. The first-order valence-corrected chi connectivity index (χ1v) is 14.2. The molecule has 0 aliphatic carbocycles. The van der Waals surface area contributed by atoms with Gasteiger partial charge >= 0.3 is 0 Å². The summed E-state index contributed by atoms with van der Waals surface area (Å²) in [6, 6.07) is 10.8. The summed E-state index contributed by atoms with van der Waals surface area (Å²) in [5.41, 5.74) is 2.22. The lowest BCUT2D eigenvalue weighted by Crippen LogP contribution is -2.47. The molecule has 0 unspecified atom stereocenters. The van der Waals surface area contributed by atoms with E-state index in [1.165, 1.54) is 0 Å². The molecule has 4 heterocycles. The zero-order chi connectivity index (χ0) is 28.9. The molecule has 5 rings (SSSR count). The minimum atomic E-state index is -0.463. The van der Waals surface area contributed by atoms with Crippen LogP contribution in [-0.4, -0.2) is 107 Å². The molecule has 1 aromatic carbocycles. The van der Waals surface area contributed by atoms with E-state index in [0.29, 0.717) is 54.8 Å². The molecule has 0 bridgehead atoms. The SMILES string of the molecule is CNc1nnc(-c2ccccc2O)cc1N1CCN(CCOc2cc([C@H](C(=O)N3CC[C@@H](O)C3)C(C)C)on2)CC1. The first-order valence-electron chi connectivity index (χ1n) is 14.2. The number of carbonyl (C=O) groups excluding carboxylic acids is 1. The van der Waals surface area contributed by atoms with Gasteiger partial charge in [0.05, 0.1) is 17.5 Å². The number of phenols is 1. The van der Waals surface area contributed by atoms with Crippen LogP contribution < -0.4 is 15.0 Å². The van der Waals surface area contributed by atoms with Gasteiger partial charge < -0.3 is 34.6 Å². The lowest BCUT2D eigenvalue weighted by molar-refractivity contribution is -0.133. The minimum absolute atomic E-state index is 0.0193. The third kappa shape index (κ3) is 6.54. The van der Waals surface area contributed by atoms with Crippen LogP contribution in [0.5, 0.6) is 11.6 Å². The van der Waals surface area contributed by atoms with Crippen molar-refractivity contribution in [2.75, 3.05) is 69.7 Å². The highest BCUT2D eigenvalue weighted by Crippen LogP contribution is 2.33. The van der Waals surface area contributed by atoms with E-state index in [1.54, 1.807) is 23.1 Å². The van der Waals surface area contributed by atoms with Crippen LogP contribution in [0.3, 0.4) is 0 Å². The highest BCUT2D eigenvalue weighted by molar-refractivity contribution is 5.83. The van der Waals surface area contributed by atoms with Gasteiger partial charge in [-0.3, -0.25) is 9.69 Å². The Balaban J connectivity index is 1.14. The summed E-state index contributed by atoms with van der Waals surface area (Å²) < 4.78 is 11.4. The maximum atomic E-state index is 13.1. The zero-order valence-corrected chi connectivity index (χ0v) is 23.9. The molecule has 41 heavy (non-hydrogen) atoms. The maximum absolute atomic E-state index is 13.1. The molecule has 12 heteroatoms. The summed E-state index contributed by atoms with van der Waals surface area (Å²) >= 11 is 0. The number of hydrogen-bond donors (Lipinski definition) is 3. The van der Waals surface area contributed by atoms with Gasteiger partial charge in [-0.2, -0.15) is 0 Å². The molecule has 1 amide bonds. The topological polar surface area (TPSA) is 140 Å². The third-order valence-electron chi connectivity index (χ3n) is 7.78. The molecule has 2 saturated heterocycles. The highest BCUT2D eigenvalue weighted by Gasteiger charge is 2.35. The first-order chi connectivity index (χ1) is 19.8. The van der Waals surface area contributed by atoms with Crippen molar-refractivity contribution >= 4 is 17.4 Å². The molecule has 0 spiro atoms. The summed E-state index contributed by atoms with van der Waals surface area (Å²) in [7, 11) is 1.83. The van der Waals surface area contributed by atoms with Gasteiger partial charge in [0.25, 0.3) is 5.88 Å². The quantitative estimate of drug-likeness (QED) is 0.334. The smallest absolute Gasteiger partial charge is 0.254 e. The number of anilines is 2. The average molecular weight is 566 g/mol. The van der Waals surface area contributed by atoms with Crippen molar-refractivity contribution in [3.05, 3.63) is 42.2 Å². The number of hydrogen-bond acceptors (Lipinski definition) is 11. The Hall–Kier alpha value is -3.90. The molecule has 12 nitrogen and oxygen atoms in total. The number of β-amino-alcohol motifs (C(OH)–C–C–N with tert-alkyl or cyclic N) is 1. The molecule has 2 aliphatic rings. The molecule has 3 aromatic rings. The number of aromatic nitrogens is 3. The Morgan fingerprint density at radius 3 is 2.61 bits per heavy atom. The molecule has 2 atom stereocenters. The summed E-state index contributed by atoms with van der Waals surface area (Å²) in [6.07, 6.45) is 0.139. The second-order valence-corrected chi connectivity index (χ2v) is 10.9. The number of aromatic hydroxyl groups is 1. The van der Waals surface area contributed by atoms with E-state index in [-0.39, 0.29) is 17.6 Å². The standard InChI is InChI=1S/C29H39N7O5/c1-19(2)27(29(39)36-9-8-20(37)18-36)25-17-26(33-41-25)40-15-14-34-10-12-35(13-11-34)23-16-22(31-32-28(23)30-3)21-6-4-5-7-24(21)38/h4-7,16-17,19-20,27,37-38H,8-15,18H2,1-3H3,(H,30,32)/t20-,27-/m1/s1. The number of phenolic OH excluding ortho intramolecular Hbond substituents is 1. The summed E-state index contributed by atoms with van der Waals surface area (Å²) in [5.74, 6) is 1.24. The van der Waals surface area contributed by atoms with Crippen LogP contribution in [0, 0.1) is 5.92 Å². The number of nitrogens with zero attached hydrogens (tertiary/aromatic N) is 6. The van der Waals surface area contributed by atoms with Gasteiger partial charge in [-0.1, -0.05) is 26.0 Å². The number of aliphatic hydroxyl groups is 1. The second kappa shape index (κ2) is 12.7. The fraction of sp³-hybridized carbons (Fsp3) is 0.517. The van der Waals surface area contributed by atoms with E-state index < -0.39 is 12.0 Å². The van der Waals surface area contributed by atoms with Crippen molar-refractivity contribution in [1.82, 2.24) is 25.2 Å². The van der Waals surface area contributed by atoms with Gasteiger partial charge in [-0.05, 0) is 35.7 Å². The lowest BCUT2D eigenvalue weighted by Gasteiger charge is -2.36. The van der Waals surface area contributed by atoms with Crippen molar-refractivity contribution in [3.63, 3.8) is 0 Å². The number of amides is 1. The van der Waals surface area contributed by atoms with Gasteiger partial charge in [0.15, 0.2) is 11.6 Å². The van der Waals surface area contributed by atoms with Crippen molar-refractivity contribution in [2.24, 2.45) is 5.92 Å². The van der Waals surface area contributed by atoms with E-state index in [1.807, 2.05) is 39.1 Å². The van der Waals surface area contributed by atoms with E-state index in [2.05, 4.69) is 30.5 Å². The number of para-hydroxylation sites is 1. The van der Waals surface area contributed by atoms with Gasteiger partial charge in [0.2, 0.25) is 5.91 Å². The molecule has 0 radical (unpaired) electrons. The molecule has 0 saturated carbocycles. The number of ether oxygens (including phenoxy) is 1. The van der Waals surface area contributed by atoms with Crippen molar-refractivity contribution in [1.29, 1.82) is 0 Å². The number of nitrogens with one attached hydrogen (secondary N) is 1. The Kier molecular flexibility index (Phi) is 8.89. The fourth-order valence-electron chi connectivity index (χ4n) is 5.48. The maximum Gasteiger partial charge on any atom is 0.254 e. The first kappa shape index (κ1) is 28.6. The van der Waals surface area contributed by atoms with Crippen LogP contribution >= 0.6 is 0 Å². The Labute approximate surface area is 239 Å². The van der Waals surface area contributed by atoms with E-state index in [4.69, 9.17) is 9.26 Å². The van der Waals surface area contributed by atoms with Crippen LogP contribution in [0.1, 0.15) is 31.9 Å². The summed E-state index contributed by atoms with van der Waals surface area (Å²) in [4.78, 5) is 19.4. The predicted molar refractivity (Wildman–Crippen MR) is 154 cm³/mol. The molecular weight excluding hydrogens is 526 g/mol. The molecule has 2 aromatic heterocycles. The Morgan fingerprint density at radius 2 is 1.93 bits per heavy atom. The van der Waals surface area contributed by atoms with Gasteiger partial charge in [0, 0.05) is 64.5 Å². The molecule has 2 fully saturated rings. The lowest BCUT2D eigenvalue weighted by atomic mass is 9.92. The van der Waals surface area contributed by atoms with Crippen LogP contribution in [0.2, 0.25) is 0 Å². The van der Waals surface area contributed by atoms with Gasteiger partial charge in [-0.25, -0.2) is 0 Å². The molecular formula is C29H39N7O5. The normalized spacial score (nSPS) is 18.6. The molecule has 2 aliphatic heterocycles. The predicted octanol–water partition coefficient (Wildman–Crippen LogP) is 2.41. The van der Waals surface area contributed by atoms with Crippen LogP contribution in [-0.2, 0) is 4.79 Å². The van der Waals surface area contributed by atoms with E-state index in [9.17, 15) is 15.0 Å². The Bertz CT molecular complexity index is 1320. The average Bonchev–Trinajstić information content (AvgIpc) is 3.62. The monoisotopic (exact) mass is 565 g/mol. The molecule has 220 valence electrons. The third-order valence-corrected chi connectivity index (χ3v) is 7.78. The largest absolute Gasteiger partial charge is 0.507 e. The fourth-order valence-corrected chi connectivity index (χ4v) is 5.48. The van der Waals surface area contributed by atoms with Gasteiger partial charge in [-0.15, -0.1) is 10.2 Å². The van der Waals surface area contributed by atoms with Crippen molar-refractivity contribution < 1.29 is 24.3 Å². The second-order valence-electron chi connectivity index (χ2n) is 10.9. The van der Waals surface area contributed by atoms with Crippen molar-refractivity contribution in [3.8, 4) is 22.9 Å². The van der Waals surface area contributed by atoms with E-state index in [0.717, 1.165) is 38.4 Å². The summed E-state index contributed by atoms with van der Waals surface area (Å²) in [6.45, 7) is 9.34. The van der Waals surface area contributed by atoms with Crippen LogP contribution in [0.15, 0.2) is 40.9 Å². The molecule has 3 N–H and O–H groups in total. The highest BCUT2D eigenvalue weighted by atomic mass is 16.5. The van der Waals surface area contributed by atoms with Crippen molar-refractivity contribution in [2.45, 2.75) is 32.3 Å². The number of likely N-dealkylation sites (tertiary alicyclic amines) is 1. The van der Waals surface area contributed by atoms with Crippen LogP contribution in [0.4, 0.5) is 11.5 Å². The van der Waals surface area contributed by atoms with Crippen LogP contribution in [0.25, 0.3) is 11.3 Å². The number of aliphatic hydroxyl groups excluding tert-OH is 1. The van der Waals surface area contributed by atoms with E-state index >= 15 is 0 Å². The number of piperazine rings is 1.